The molecule has 0 fully saturated rings. The predicted molar refractivity (Wildman–Crippen MR) is 78.5 cm³/mol. The molecule has 0 aliphatic heterocycles. The molecule has 5 nitrogen and oxygen atoms in total. The molecular formula is C13H17N3O2S. The van der Waals surface area contributed by atoms with Crippen LogP contribution < -0.4 is 5.32 Å². The van der Waals surface area contributed by atoms with Gasteiger partial charge in [-0.25, -0.2) is 0 Å². The third-order valence-electron chi connectivity index (χ3n) is 2.29. The standard InChI is InChI=1S/C13H17N3O2S/c1-13(2,3)19-7-6-15-12-5-4-11(16(17)18)8-10(12)9-14/h4-5,8,15H,6-7H2,1-3H3. The van der Waals surface area contributed by atoms with E-state index in [2.05, 4.69) is 26.1 Å². The minimum Gasteiger partial charge on any atom is -0.383 e. The smallest absolute Gasteiger partial charge is 0.270 e. The van der Waals surface area contributed by atoms with Crippen molar-refractivity contribution in [1.82, 2.24) is 0 Å². The fourth-order valence-electron chi connectivity index (χ4n) is 1.44. The number of non-ortho nitro benzene ring substituents is 1. The summed E-state index contributed by atoms with van der Waals surface area (Å²) in [6, 6.07) is 6.25. The van der Waals surface area contributed by atoms with E-state index in [-0.39, 0.29) is 10.4 Å². The number of nitro benzene ring substituents is 1. The number of thioether (sulfide) groups is 1. The lowest BCUT2D eigenvalue weighted by Crippen LogP contribution is -2.13. The van der Waals surface area contributed by atoms with Gasteiger partial charge in [0.15, 0.2) is 0 Å². The highest BCUT2D eigenvalue weighted by Crippen LogP contribution is 2.24. The largest absolute Gasteiger partial charge is 0.383 e. The van der Waals surface area contributed by atoms with Crippen molar-refractivity contribution in [3.05, 3.63) is 33.9 Å². The zero-order valence-electron chi connectivity index (χ0n) is 11.3. The Morgan fingerprint density at radius 1 is 1.47 bits per heavy atom. The molecule has 0 heterocycles. The van der Waals surface area contributed by atoms with Crippen molar-refractivity contribution in [2.75, 3.05) is 17.6 Å². The minimum atomic E-state index is -0.500. The number of nitrogens with one attached hydrogen (secondary N) is 1. The second-order valence-electron chi connectivity index (χ2n) is 4.99. The summed E-state index contributed by atoms with van der Waals surface area (Å²) in [7, 11) is 0. The van der Waals surface area contributed by atoms with Gasteiger partial charge in [-0.3, -0.25) is 10.1 Å². The van der Waals surface area contributed by atoms with Gasteiger partial charge in [-0.2, -0.15) is 17.0 Å². The number of nitro groups is 1. The maximum absolute atomic E-state index is 10.6. The van der Waals surface area contributed by atoms with Gasteiger partial charge in [0.05, 0.1) is 16.2 Å². The molecule has 6 heteroatoms. The quantitative estimate of drug-likeness (QED) is 0.507. The van der Waals surface area contributed by atoms with Gasteiger partial charge in [0.2, 0.25) is 0 Å². The topological polar surface area (TPSA) is 79.0 Å². The maximum Gasteiger partial charge on any atom is 0.270 e. The zero-order valence-corrected chi connectivity index (χ0v) is 12.1. The molecule has 0 bridgehead atoms. The van der Waals surface area contributed by atoms with Crippen molar-refractivity contribution in [3.8, 4) is 6.07 Å². The Kier molecular flexibility index (Phi) is 5.19. The molecule has 0 radical (unpaired) electrons. The highest BCUT2D eigenvalue weighted by atomic mass is 32.2. The molecule has 0 spiro atoms. The summed E-state index contributed by atoms with van der Waals surface area (Å²) in [5.74, 6) is 0.908. The Morgan fingerprint density at radius 2 is 2.16 bits per heavy atom. The molecule has 0 saturated carbocycles. The normalized spacial score (nSPS) is 10.8. The van der Waals surface area contributed by atoms with E-state index in [1.807, 2.05) is 17.8 Å². The number of hydrogen-bond donors (Lipinski definition) is 1. The molecule has 1 aromatic carbocycles. The van der Waals surface area contributed by atoms with Gasteiger partial charge in [0, 0.05) is 29.2 Å². The second kappa shape index (κ2) is 6.43. The van der Waals surface area contributed by atoms with Crippen LogP contribution in [0.4, 0.5) is 11.4 Å². The molecule has 1 aromatic rings. The van der Waals surface area contributed by atoms with Crippen LogP contribution in [0.15, 0.2) is 18.2 Å². The predicted octanol–water partition coefficient (Wildman–Crippen LogP) is 3.41. The summed E-state index contributed by atoms with van der Waals surface area (Å²) in [6.45, 7) is 7.15. The SMILES string of the molecule is CC(C)(C)SCCNc1ccc([N+](=O)[O-])cc1C#N. The lowest BCUT2D eigenvalue weighted by atomic mass is 10.1. The van der Waals surface area contributed by atoms with E-state index < -0.39 is 4.92 Å². The van der Waals surface area contributed by atoms with Crippen LogP contribution in [-0.2, 0) is 0 Å². The average Bonchev–Trinajstić information content (AvgIpc) is 2.33. The molecular weight excluding hydrogens is 262 g/mol. The molecule has 1 rings (SSSR count). The molecule has 0 atom stereocenters. The summed E-state index contributed by atoms with van der Waals surface area (Å²) >= 11 is 1.82. The highest BCUT2D eigenvalue weighted by Gasteiger charge is 2.12. The number of rotatable bonds is 5. The van der Waals surface area contributed by atoms with Gasteiger partial charge >= 0.3 is 0 Å². The summed E-state index contributed by atoms with van der Waals surface area (Å²) in [5, 5.41) is 22.8. The third-order valence-corrected chi connectivity index (χ3v) is 3.56. The van der Waals surface area contributed by atoms with E-state index >= 15 is 0 Å². The van der Waals surface area contributed by atoms with Crippen LogP contribution in [0.5, 0.6) is 0 Å². The molecule has 19 heavy (non-hydrogen) atoms. The lowest BCUT2D eigenvalue weighted by molar-refractivity contribution is -0.384. The van der Waals surface area contributed by atoms with E-state index in [1.54, 1.807) is 6.07 Å². The fraction of sp³-hybridized carbons (Fsp3) is 0.462. The molecule has 0 aliphatic rings. The second-order valence-corrected chi connectivity index (χ2v) is 6.91. The van der Waals surface area contributed by atoms with Crippen molar-refractivity contribution in [1.29, 1.82) is 5.26 Å². The first-order valence-corrected chi connectivity index (χ1v) is 6.88. The average molecular weight is 279 g/mol. The molecule has 0 aliphatic carbocycles. The van der Waals surface area contributed by atoms with Crippen LogP contribution in [0.25, 0.3) is 0 Å². The summed E-state index contributed by atoms with van der Waals surface area (Å²) in [6.07, 6.45) is 0. The number of hydrogen-bond acceptors (Lipinski definition) is 5. The lowest BCUT2D eigenvalue weighted by Gasteiger charge is -2.17. The van der Waals surface area contributed by atoms with Crippen molar-refractivity contribution in [3.63, 3.8) is 0 Å². The van der Waals surface area contributed by atoms with Crippen LogP contribution in [0.3, 0.4) is 0 Å². The van der Waals surface area contributed by atoms with Crippen LogP contribution in [0, 0.1) is 21.4 Å². The minimum absolute atomic E-state index is 0.0637. The number of benzene rings is 1. The maximum atomic E-state index is 10.6. The van der Waals surface area contributed by atoms with Crippen molar-refractivity contribution >= 4 is 23.1 Å². The van der Waals surface area contributed by atoms with Crippen LogP contribution in [0.1, 0.15) is 26.3 Å². The summed E-state index contributed by atoms with van der Waals surface area (Å²) < 4.78 is 0.204. The van der Waals surface area contributed by atoms with Gasteiger partial charge < -0.3 is 5.32 Å². The number of anilines is 1. The zero-order chi connectivity index (χ0) is 14.5. The number of nitrogens with zero attached hydrogens (tertiary/aromatic N) is 2. The van der Waals surface area contributed by atoms with Gasteiger partial charge in [-0.05, 0) is 6.07 Å². The first kappa shape index (κ1) is 15.3. The van der Waals surface area contributed by atoms with Gasteiger partial charge in [0.1, 0.15) is 6.07 Å². The van der Waals surface area contributed by atoms with Crippen LogP contribution in [0.2, 0.25) is 0 Å². The third kappa shape index (κ3) is 5.18. The molecule has 1 N–H and O–H groups in total. The molecule has 102 valence electrons. The van der Waals surface area contributed by atoms with Crippen molar-refractivity contribution in [2.24, 2.45) is 0 Å². The number of nitriles is 1. The van der Waals surface area contributed by atoms with E-state index in [9.17, 15) is 10.1 Å². The van der Waals surface area contributed by atoms with Gasteiger partial charge in [0.25, 0.3) is 5.69 Å². The summed E-state index contributed by atoms with van der Waals surface area (Å²) in [4.78, 5) is 10.1. The van der Waals surface area contributed by atoms with Crippen LogP contribution >= 0.6 is 11.8 Å². The van der Waals surface area contributed by atoms with Gasteiger partial charge in [-0.1, -0.05) is 20.8 Å². The Morgan fingerprint density at radius 3 is 2.68 bits per heavy atom. The molecule has 0 unspecified atom stereocenters. The van der Waals surface area contributed by atoms with Crippen molar-refractivity contribution in [2.45, 2.75) is 25.5 Å². The Balaban J connectivity index is 2.64. The first-order valence-electron chi connectivity index (χ1n) is 5.90. The molecule has 0 aromatic heterocycles. The Labute approximate surface area is 117 Å². The Hall–Kier alpha value is -1.74. The summed E-state index contributed by atoms with van der Waals surface area (Å²) in [5.41, 5.74) is 0.878. The van der Waals surface area contributed by atoms with E-state index in [0.717, 1.165) is 5.75 Å². The molecule has 0 amide bonds. The van der Waals surface area contributed by atoms with Crippen LogP contribution in [-0.4, -0.2) is 22.0 Å². The molecule has 0 saturated heterocycles. The van der Waals surface area contributed by atoms with E-state index in [1.165, 1.54) is 12.1 Å². The fourth-order valence-corrected chi connectivity index (χ4v) is 2.25. The van der Waals surface area contributed by atoms with Crippen molar-refractivity contribution < 1.29 is 4.92 Å². The first-order chi connectivity index (χ1) is 8.83. The monoisotopic (exact) mass is 279 g/mol. The Bertz CT molecular complexity index is 504. The van der Waals surface area contributed by atoms with E-state index in [4.69, 9.17) is 5.26 Å². The van der Waals surface area contributed by atoms with E-state index in [0.29, 0.717) is 17.8 Å². The van der Waals surface area contributed by atoms with Gasteiger partial charge in [-0.15, -0.1) is 0 Å². The highest BCUT2D eigenvalue weighted by molar-refractivity contribution is 8.00.